The monoisotopic (exact) mass is 286 g/mol. The molecule has 0 spiro atoms. The topological polar surface area (TPSA) is 64.7 Å². The molecule has 2 aromatic heterocycles. The number of hydrogen-bond donors (Lipinski definition) is 1. The highest BCUT2D eigenvalue weighted by Crippen LogP contribution is 2.31. The Hall–Kier alpha value is -2.34. The average Bonchev–Trinajstić information content (AvgIpc) is 2.88. The summed E-state index contributed by atoms with van der Waals surface area (Å²) >= 11 is 1.39. The van der Waals surface area contributed by atoms with Crippen molar-refractivity contribution in [3.63, 3.8) is 0 Å². The van der Waals surface area contributed by atoms with E-state index in [9.17, 15) is 4.39 Å². The number of halogens is 1. The van der Waals surface area contributed by atoms with E-state index in [0.717, 1.165) is 0 Å². The molecule has 100 valence electrons. The van der Waals surface area contributed by atoms with Crippen LogP contribution < -0.4 is 5.73 Å². The first-order valence-corrected chi connectivity index (χ1v) is 6.83. The fourth-order valence-corrected chi connectivity index (χ4v) is 2.68. The number of anilines is 1. The van der Waals surface area contributed by atoms with Crippen LogP contribution in [0.3, 0.4) is 0 Å². The lowest BCUT2D eigenvalue weighted by molar-refractivity contribution is 0.631. The SMILES string of the molecule is Cc1ncc(-c2nc(-c3ccccc3F)cs2)c(N)n1. The summed E-state index contributed by atoms with van der Waals surface area (Å²) in [6.45, 7) is 1.77. The number of benzene rings is 1. The van der Waals surface area contributed by atoms with E-state index in [-0.39, 0.29) is 5.82 Å². The van der Waals surface area contributed by atoms with Crippen LogP contribution in [0.4, 0.5) is 10.2 Å². The van der Waals surface area contributed by atoms with Gasteiger partial charge >= 0.3 is 0 Å². The van der Waals surface area contributed by atoms with E-state index in [1.165, 1.54) is 17.4 Å². The van der Waals surface area contributed by atoms with E-state index in [2.05, 4.69) is 15.0 Å². The fourth-order valence-electron chi connectivity index (χ4n) is 1.84. The molecule has 0 aliphatic rings. The van der Waals surface area contributed by atoms with Gasteiger partial charge in [0.15, 0.2) is 0 Å². The molecule has 0 saturated carbocycles. The van der Waals surface area contributed by atoms with Crippen LogP contribution in [-0.4, -0.2) is 15.0 Å². The van der Waals surface area contributed by atoms with Gasteiger partial charge in [-0.2, -0.15) is 0 Å². The van der Waals surface area contributed by atoms with Crippen LogP contribution in [-0.2, 0) is 0 Å². The Labute approximate surface area is 119 Å². The maximum atomic E-state index is 13.7. The molecule has 0 aliphatic carbocycles. The zero-order valence-electron chi connectivity index (χ0n) is 10.7. The molecule has 2 heterocycles. The predicted molar refractivity (Wildman–Crippen MR) is 77.7 cm³/mol. The van der Waals surface area contributed by atoms with Crippen molar-refractivity contribution < 1.29 is 4.39 Å². The minimum Gasteiger partial charge on any atom is -0.383 e. The van der Waals surface area contributed by atoms with Gasteiger partial charge < -0.3 is 5.73 Å². The number of aromatic nitrogens is 3. The lowest BCUT2D eigenvalue weighted by Crippen LogP contribution is -1.98. The van der Waals surface area contributed by atoms with Crippen LogP contribution in [0.5, 0.6) is 0 Å². The Kier molecular flexibility index (Phi) is 3.15. The largest absolute Gasteiger partial charge is 0.383 e. The number of nitrogens with zero attached hydrogens (tertiary/aromatic N) is 3. The van der Waals surface area contributed by atoms with Gasteiger partial charge in [0.1, 0.15) is 22.5 Å². The number of thiazole rings is 1. The molecule has 2 N–H and O–H groups in total. The molecule has 3 aromatic rings. The Morgan fingerprint density at radius 3 is 2.70 bits per heavy atom. The van der Waals surface area contributed by atoms with Crippen molar-refractivity contribution in [2.75, 3.05) is 5.73 Å². The first kappa shape index (κ1) is 12.7. The third-order valence-corrected chi connectivity index (χ3v) is 3.70. The van der Waals surface area contributed by atoms with E-state index in [1.54, 1.807) is 36.7 Å². The third-order valence-electron chi connectivity index (χ3n) is 2.82. The lowest BCUT2D eigenvalue weighted by Gasteiger charge is -2.01. The second kappa shape index (κ2) is 4.97. The maximum absolute atomic E-state index is 13.7. The van der Waals surface area contributed by atoms with Gasteiger partial charge in [-0.1, -0.05) is 12.1 Å². The smallest absolute Gasteiger partial charge is 0.137 e. The van der Waals surface area contributed by atoms with Crippen LogP contribution >= 0.6 is 11.3 Å². The van der Waals surface area contributed by atoms with Gasteiger partial charge in [0.05, 0.1) is 11.3 Å². The first-order valence-electron chi connectivity index (χ1n) is 5.95. The molecule has 3 rings (SSSR count). The number of aryl methyl sites for hydroxylation is 1. The van der Waals surface area contributed by atoms with Gasteiger partial charge in [-0.15, -0.1) is 11.3 Å². The molecule has 0 amide bonds. The molecule has 0 radical (unpaired) electrons. The summed E-state index contributed by atoms with van der Waals surface area (Å²) in [5.41, 5.74) is 7.60. The van der Waals surface area contributed by atoms with Gasteiger partial charge in [0, 0.05) is 17.1 Å². The summed E-state index contributed by atoms with van der Waals surface area (Å²) in [5, 5.41) is 2.48. The minimum absolute atomic E-state index is 0.294. The van der Waals surface area contributed by atoms with Crippen molar-refractivity contribution >= 4 is 17.2 Å². The number of nitrogen functional groups attached to an aromatic ring is 1. The summed E-state index contributed by atoms with van der Waals surface area (Å²) < 4.78 is 13.7. The molecule has 20 heavy (non-hydrogen) atoms. The van der Waals surface area contributed by atoms with E-state index in [4.69, 9.17) is 5.73 Å². The fraction of sp³-hybridized carbons (Fsp3) is 0.0714. The highest BCUT2D eigenvalue weighted by Gasteiger charge is 2.12. The molecule has 4 nitrogen and oxygen atoms in total. The summed E-state index contributed by atoms with van der Waals surface area (Å²) in [7, 11) is 0. The van der Waals surface area contributed by atoms with Gasteiger partial charge in [0.2, 0.25) is 0 Å². The minimum atomic E-state index is -0.294. The van der Waals surface area contributed by atoms with Crippen LogP contribution in [0.1, 0.15) is 5.82 Å². The zero-order chi connectivity index (χ0) is 14.1. The van der Waals surface area contributed by atoms with Crippen molar-refractivity contribution in [1.29, 1.82) is 0 Å². The third kappa shape index (κ3) is 2.25. The van der Waals surface area contributed by atoms with Crippen LogP contribution in [0.2, 0.25) is 0 Å². The molecular weight excluding hydrogens is 275 g/mol. The van der Waals surface area contributed by atoms with Gasteiger partial charge in [-0.25, -0.2) is 19.3 Å². The lowest BCUT2D eigenvalue weighted by atomic mass is 10.1. The van der Waals surface area contributed by atoms with Crippen molar-refractivity contribution in [3.8, 4) is 21.8 Å². The molecular formula is C14H11FN4S. The van der Waals surface area contributed by atoms with Crippen molar-refractivity contribution in [2.45, 2.75) is 6.92 Å². The Bertz CT molecular complexity index is 769. The molecule has 6 heteroatoms. The molecule has 0 fully saturated rings. The van der Waals surface area contributed by atoms with Crippen molar-refractivity contribution in [2.24, 2.45) is 0 Å². The second-order valence-electron chi connectivity index (χ2n) is 4.23. The summed E-state index contributed by atoms with van der Waals surface area (Å²) in [4.78, 5) is 12.6. The normalized spacial score (nSPS) is 10.7. The highest BCUT2D eigenvalue weighted by molar-refractivity contribution is 7.13. The molecule has 0 bridgehead atoms. The molecule has 0 aliphatic heterocycles. The summed E-state index contributed by atoms with van der Waals surface area (Å²) in [5.74, 6) is 0.696. The average molecular weight is 286 g/mol. The molecule has 0 atom stereocenters. The molecule has 0 saturated heterocycles. The van der Waals surface area contributed by atoms with E-state index >= 15 is 0 Å². The van der Waals surface area contributed by atoms with Gasteiger partial charge in [-0.05, 0) is 19.1 Å². The Morgan fingerprint density at radius 2 is 1.95 bits per heavy atom. The van der Waals surface area contributed by atoms with Crippen LogP contribution in [0.15, 0.2) is 35.8 Å². The molecule has 0 unspecified atom stereocenters. The second-order valence-corrected chi connectivity index (χ2v) is 5.09. The Morgan fingerprint density at radius 1 is 1.15 bits per heavy atom. The van der Waals surface area contributed by atoms with Crippen LogP contribution in [0.25, 0.3) is 21.8 Å². The van der Waals surface area contributed by atoms with Gasteiger partial charge in [0.25, 0.3) is 0 Å². The number of nitrogens with two attached hydrogens (primary N) is 1. The summed E-state index contributed by atoms with van der Waals surface area (Å²) in [6, 6.07) is 6.54. The quantitative estimate of drug-likeness (QED) is 0.785. The standard InChI is InChI=1S/C14H11FN4S/c1-8-17-6-10(13(16)18-8)14-19-12(7-20-14)9-4-2-3-5-11(9)15/h2-7H,1H3,(H2,16,17,18). The highest BCUT2D eigenvalue weighted by atomic mass is 32.1. The maximum Gasteiger partial charge on any atom is 0.137 e. The van der Waals surface area contributed by atoms with Crippen LogP contribution in [0, 0.1) is 12.7 Å². The van der Waals surface area contributed by atoms with E-state index in [1.807, 2.05) is 0 Å². The number of rotatable bonds is 2. The van der Waals surface area contributed by atoms with Crippen molar-refractivity contribution in [3.05, 3.63) is 47.5 Å². The predicted octanol–water partition coefficient (Wildman–Crippen LogP) is 3.30. The van der Waals surface area contributed by atoms with E-state index < -0.39 is 0 Å². The van der Waals surface area contributed by atoms with E-state index in [0.29, 0.717) is 33.5 Å². The zero-order valence-corrected chi connectivity index (χ0v) is 11.5. The number of hydrogen-bond acceptors (Lipinski definition) is 5. The molecule has 1 aromatic carbocycles. The van der Waals surface area contributed by atoms with Crippen molar-refractivity contribution in [1.82, 2.24) is 15.0 Å². The van der Waals surface area contributed by atoms with Gasteiger partial charge in [-0.3, -0.25) is 0 Å². The summed E-state index contributed by atoms with van der Waals surface area (Å²) in [6.07, 6.45) is 1.64. The Balaban J connectivity index is 2.04. The first-order chi connectivity index (χ1) is 9.65.